The third-order valence-electron chi connectivity index (χ3n) is 4.11. The van der Waals surface area contributed by atoms with Gasteiger partial charge in [0, 0.05) is 38.3 Å². The summed E-state index contributed by atoms with van der Waals surface area (Å²) in [6, 6.07) is 3.54. The third-order valence-corrected chi connectivity index (χ3v) is 6.30. The molecule has 23 heavy (non-hydrogen) atoms. The fourth-order valence-corrected chi connectivity index (χ4v) is 4.39. The molecule has 0 spiro atoms. The molecule has 1 aliphatic rings. The highest BCUT2D eigenvalue weighted by molar-refractivity contribution is 7.86. The zero-order valence-electron chi connectivity index (χ0n) is 13.6. The molecular weight excluding hydrogens is 316 g/mol. The van der Waals surface area contributed by atoms with E-state index in [2.05, 4.69) is 10.3 Å². The summed E-state index contributed by atoms with van der Waals surface area (Å²) >= 11 is 0. The third kappa shape index (κ3) is 4.27. The molecule has 0 aliphatic carbocycles. The Balaban J connectivity index is 1.92. The molecule has 7 nitrogen and oxygen atoms in total. The van der Waals surface area contributed by atoms with Crippen molar-refractivity contribution in [1.29, 1.82) is 0 Å². The highest BCUT2D eigenvalue weighted by Crippen LogP contribution is 2.22. The summed E-state index contributed by atoms with van der Waals surface area (Å²) in [5.74, 6) is -0.240. The predicted octanol–water partition coefficient (Wildman–Crippen LogP) is 1.32. The van der Waals surface area contributed by atoms with Crippen molar-refractivity contribution in [2.45, 2.75) is 26.7 Å². The molecule has 2 heterocycles. The summed E-state index contributed by atoms with van der Waals surface area (Å²) in [5.41, 5.74) is 0.663. The zero-order valence-corrected chi connectivity index (χ0v) is 14.4. The van der Waals surface area contributed by atoms with Gasteiger partial charge in [-0.05, 0) is 25.0 Å². The molecule has 1 N–H and O–H groups in total. The number of anilines is 1. The summed E-state index contributed by atoms with van der Waals surface area (Å²) < 4.78 is 27.8. The maximum absolute atomic E-state index is 12.5. The molecule has 0 saturated carbocycles. The Morgan fingerprint density at radius 3 is 2.52 bits per heavy atom. The molecule has 1 amide bonds. The number of carbonyl (C=O) groups excluding carboxylic acids is 1. The Bertz CT molecular complexity index is 609. The highest BCUT2D eigenvalue weighted by atomic mass is 32.2. The van der Waals surface area contributed by atoms with Crippen LogP contribution in [0.5, 0.6) is 0 Å². The van der Waals surface area contributed by atoms with Gasteiger partial charge in [0.05, 0.1) is 11.9 Å². The van der Waals surface area contributed by atoms with E-state index >= 15 is 0 Å². The molecule has 1 fully saturated rings. The second kappa shape index (κ2) is 7.85. The monoisotopic (exact) mass is 340 g/mol. The molecule has 0 bridgehead atoms. The van der Waals surface area contributed by atoms with Crippen molar-refractivity contribution in [2.75, 3.05) is 31.5 Å². The second-order valence-corrected chi connectivity index (χ2v) is 7.42. The van der Waals surface area contributed by atoms with Crippen LogP contribution in [0.25, 0.3) is 0 Å². The van der Waals surface area contributed by atoms with Gasteiger partial charge in [-0.2, -0.15) is 17.0 Å². The fraction of sp³-hybridized carbons (Fsp3) is 0.600. The molecule has 1 saturated heterocycles. The van der Waals surface area contributed by atoms with Crippen LogP contribution in [0.1, 0.15) is 26.7 Å². The Hall–Kier alpha value is -1.51. The Morgan fingerprint density at radius 2 is 2.00 bits per heavy atom. The minimum absolute atomic E-state index is 0.0714. The van der Waals surface area contributed by atoms with Crippen molar-refractivity contribution >= 4 is 21.8 Å². The number of nitrogens with one attached hydrogen (secondary N) is 1. The van der Waals surface area contributed by atoms with Crippen molar-refractivity contribution in [3.05, 3.63) is 24.5 Å². The molecule has 1 aromatic rings. The Morgan fingerprint density at radius 1 is 1.35 bits per heavy atom. The van der Waals surface area contributed by atoms with Gasteiger partial charge < -0.3 is 5.32 Å². The molecule has 0 atom stereocenters. The summed E-state index contributed by atoms with van der Waals surface area (Å²) in [7, 11) is -3.41. The van der Waals surface area contributed by atoms with Crippen LogP contribution in [-0.4, -0.2) is 54.1 Å². The van der Waals surface area contributed by atoms with E-state index in [1.165, 1.54) is 8.61 Å². The van der Waals surface area contributed by atoms with Crippen LogP contribution in [0.2, 0.25) is 0 Å². The highest BCUT2D eigenvalue weighted by Gasteiger charge is 2.33. The lowest BCUT2D eigenvalue weighted by molar-refractivity contribution is -0.120. The largest absolute Gasteiger partial charge is 0.324 e. The van der Waals surface area contributed by atoms with E-state index in [-0.39, 0.29) is 11.8 Å². The molecule has 1 aromatic heterocycles. The smallest absolute Gasteiger partial charge is 0.281 e. The number of hydrogen-bond donors (Lipinski definition) is 1. The average Bonchev–Trinajstić information content (AvgIpc) is 2.56. The van der Waals surface area contributed by atoms with E-state index in [4.69, 9.17) is 0 Å². The number of rotatable bonds is 6. The van der Waals surface area contributed by atoms with Crippen LogP contribution < -0.4 is 5.32 Å². The first kappa shape index (κ1) is 17.8. The van der Waals surface area contributed by atoms with Crippen molar-refractivity contribution in [2.24, 2.45) is 5.92 Å². The number of aromatic nitrogens is 1. The standard InChI is InChI=1S/C15H24N4O3S/c1-3-18(4-2)23(21,22)19-10-7-13(8-11-19)15(20)17-14-6-5-9-16-12-14/h5-6,9,12-13H,3-4,7-8,10-11H2,1-2H3,(H,17,20). The first-order valence-corrected chi connectivity index (χ1v) is 9.34. The van der Waals surface area contributed by atoms with Crippen LogP contribution in [0, 0.1) is 5.92 Å². The second-order valence-electron chi connectivity index (χ2n) is 5.50. The lowest BCUT2D eigenvalue weighted by Crippen LogP contribution is -2.48. The molecule has 0 unspecified atom stereocenters. The summed E-state index contributed by atoms with van der Waals surface area (Å²) in [4.78, 5) is 16.2. The van der Waals surface area contributed by atoms with Gasteiger partial charge in [-0.25, -0.2) is 0 Å². The molecule has 0 radical (unpaired) electrons. The normalized spacial score (nSPS) is 17.3. The average molecular weight is 340 g/mol. The van der Waals surface area contributed by atoms with E-state index in [1.54, 1.807) is 24.5 Å². The van der Waals surface area contributed by atoms with Gasteiger partial charge in [0.25, 0.3) is 10.2 Å². The van der Waals surface area contributed by atoms with Gasteiger partial charge in [0.15, 0.2) is 0 Å². The summed E-state index contributed by atoms with van der Waals surface area (Å²) in [5, 5.41) is 2.83. The van der Waals surface area contributed by atoms with Crippen molar-refractivity contribution in [3.63, 3.8) is 0 Å². The Labute approximate surface area is 137 Å². The van der Waals surface area contributed by atoms with Gasteiger partial charge in [0.2, 0.25) is 5.91 Å². The van der Waals surface area contributed by atoms with Gasteiger partial charge in [-0.15, -0.1) is 0 Å². The van der Waals surface area contributed by atoms with Crippen LogP contribution in [0.4, 0.5) is 5.69 Å². The maximum atomic E-state index is 12.5. The summed E-state index contributed by atoms with van der Waals surface area (Å²) in [6.45, 7) is 5.33. The van der Waals surface area contributed by atoms with Gasteiger partial charge in [-0.3, -0.25) is 9.78 Å². The van der Waals surface area contributed by atoms with E-state index in [0.717, 1.165) is 0 Å². The van der Waals surface area contributed by atoms with E-state index in [1.807, 2.05) is 13.8 Å². The van der Waals surface area contributed by atoms with Gasteiger partial charge in [-0.1, -0.05) is 13.8 Å². The first-order valence-electron chi connectivity index (χ1n) is 7.95. The number of piperidine rings is 1. The molecule has 2 rings (SSSR count). The van der Waals surface area contributed by atoms with Crippen molar-refractivity contribution in [3.8, 4) is 0 Å². The fourth-order valence-electron chi connectivity index (χ4n) is 2.74. The van der Waals surface area contributed by atoms with Crippen LogP contribution >= 0.6 is 0 Å². The lowest BCUT2D eigenvalue weighted by Gasteiger charge is -2.33. The van der Waals surface area contributed by atoms with Gasteiger partial charge in [0.1, 0.15) is 0 Å². The molecule has 8 heteroatoms. The summed E-state index contributed by atoms with van der Waals surface area (Å²) in [6.07, 6.45) is 4.31. The first-order chi connectivity index (χ1) is 11.0. The minimum atomic E-state index is -3.41. The quantitative estimate of drug-likeness (QED) is 0.847. The van der Waals surface area contributed by atoms with E-state index in [9.17, 15) is 13.2 Å². The maximum Gasteiger partial charge on any atom is 0.281 e. The molecular formula is C15H24N4O3S. The molecule has 0 aromatic carbocycles. The molecule has 128 valence electrons. The lowest BCUT2D eigenvalue weighted by atomic mass is 9.97. The van der Waals surface area contributed by atoms with E-state index in [0.29, 0.717) is 44.7 Å². The Kier molecular flexibility index (Phi) is 6.09. The van der Waals surface area contributed by atoms with Crippen molar-refractivity contribution in [1.82, 2.24) is 13.6 Å². The van der Waals surface area contributed by atoms with Crippen LogP contribution in [-0.2, 0) is 15.0 Å². The topological polar surface area (TPSA) is 82.6 Å². The number of pyridine rings is 1. The number of amides is 1. The number of carbonyl (C=O) groups is 1. The molecule has 1 aliphatic heterocycles. The van der Waals surface area contributed by atoms with Crippen LogP contribution in [0.3, 0.4) is 0 Å². The zero-order chi connectivity index (χ0) is 16.9. The SMILES string of the molecule is CCN(CC)S(=O)(=O)N1CCC(C(=O)Nc2cccnc2)CC1. The van der Waals surface area contributed by atoms with Crippen LogP contribution in [0.15, 0.2) is 24.5 Å². The number of hydrogen-bond acceptors (Lipinski definition) is 4. The minimum Gasteiger partial charge on any atom is -0.324 e. The number of nitrogens with zero attached hydrogens (tertiary/aromatic N) is 3. The van der Waals surface area contributed by atoms with E-state index < -0.39 is 10.2 Å². The predicted molar refractivity (Wildman–Crippen MR) is 89.0 cm³/mol. The van der Waals surface area contributed by atoms with Gasteiger partial charge >= 0.3 is 0 Å². The van der Waals surface area contributed by atoms with Crippen molar-refractivity contribution < 1.29 is 13.2 Å².